The van der Waals surface area contributed by atoms with E-state index in [1.165, 1.54) is 12.8 Å². The van der Waals surface area contributed by atoms with Gasteiger partial charge in [0.2, 0.25) is 5.95 Å². The molecule has 1 aromatic carbocycles. The van der Waals surface area contributed by atoms with E-state index in [1.54, 1.807) is 31.2 Å². The van der Waals surface area contributed by atoms with Crippen molar-refractivity contribution in [3.05, 3.63) is 60.3 Å². The van der Waals surface area contributed by atoms with Gasteiger partial charge in [0.25, 0.3) is 5.91 Å². The van der Waals surface area contributed by atoms with E-state index >= 15 is 0 Å². The Morgan fingerprint density at radius 3 is 2.62 bits per heavy atom. The summed E-state index contributed by atoms with van der Waals surface area (Å²) in [5, 5.41) is 10.7. The first-order valence-electron chi connectivity index (χ1n) is 10.6. The highest BCUT2D eigenvalue weighted by atomic mass is 32.2. The Kier molecular flexibility index (Phi) is 6.75. The predicted molar refractivity (Wildman–Crippen MR) is 127 cm³/mol. The van der Waals surface area contributed by atoms with Gasteiger partial charge in [0.1, 0.15) is 5.69 Å². The van der Waals surface area contributed by atoms with E-state index in [4.69, 9.17) is 0 Å². The van der Waals surface area contributed by atoms with Crippen LogP contribution < -0.4 is 10.2 Å². The molecule has 32 heavy (non-hydrogen) atoms. The van der Waals surface area contributed by atoms with Gasteiger partial charge in [-0.25, -0.2) is 9.97 Å². The lowest BCUT2D eigenvalue weighted by molar-refractivity contribution is 0.0955. The number of aromatic nitrogens is 5. The Labute approximate surface area is 191 Å². The maximum absolute atomic E-state index is 11.8. The molecule has 0 radical (unpaired) electrons. The Hall–Kier alpha value is -3.33. The summed E-state index contributed by atoms with van der Waals surface area (Å²) in [6.45, 7) is 4.25. The van der Waals surface area contributed by atoms with Crippen molar-refractivity contribution in [3.63, 3.8) is 0 Å². The first-order valence-corrected chi connectivity index (χ1v) is 11.4. The molecule has 0 bridgehead atoms. The van der Waals surface area contributed by atoms with Crippen LogP contribution in [0.2, 0.25) is 0 Å². The number of hydrogen-bond donors (Lipinski definition) is 2. The second-order valence-corrected chi connectivity index (χ2v) is 8.70. The van der Waals surface area contributed by atoms with Crippen LogP contribution in [-0.4, -0.2) is 50.8 Å². The molecule has 2 N–H and O–H groups in total. The summed E-state index contributed by atoms with van der Waals surface area (Å²) < 4.78 is 1.91. The molecular formula is C23H27N7OS. The summed E-state index contributed by atoms with van der Waals surface area (Å²) in [5.41, 5.74) is 2.77. The largest absolute Gasteiger partial charge is 0.354 e. The number of aromatic amines is 1. The minimum absolute atomic E-state index is 0.0715. The molecule has 4 aromatic rings. The molecule has 4 heterocycles. The number of H-pyrrole nitrogens is 1. The number of amides is 1. The van der Waals surface area contributed by atoms with Gasteiger partial charge in [0.15, 0.2) is 0 Å². The summed E-state index contributed by atoms with van der Waals surface area (Å²) in [6, 6.07) is 9.94. The smallest absolute Gasteiger partial charge is 0.267 e. The second-order valence-electron chi connectivity index (χ2n) is 7.58. The lowest BCUT2D eigenvalue weighted by Crippen LogP contribution is -2.20. The van der Waals surface area contributed by atoms with Crippen molar-refractivity contribution in [1.29, 1.82) is 0 Å². The van der Waals surface area contributed by atoms with Gasteiger partial charge in [-0.05, 0) is 50.1 Å². The first-order chi connectivity index (χ1) is 15.6. The number of anilines is 1. The molecule has 0 saturated carbocycles. The van der Waals surface area contributed by atoms with Gasteiger partial charge in [-0.3, -0.25) is 9.89 Å². The average Bonchev–Trinajstić information content (AvgIpc) is 3.58. The number of nitrogens with zero attached hydrogens (tertiary/aromatic N) is 5. The van der Waals surface area contributed by atoms with Crippen molar-refractivity contribution < 1.29 is 4.79 Å². The molecule has 1 amide bonds. The third-order valence-electron chi connectivity index (χ3n) is 5.53. The lowest BCUT2D eigenvalue weighted by atomic mass is 10.3. The predicted octanol–water partition coefficient (Wildman–Crippen LogP) is 3.80. The van der Waals surface area contributed by atoms with Crippen molar-refractivity contribution in [2.24, 2.45) is 7.05 Å². The first kappa shape index (κ1) is 21.9. The molecule has 1 saturated heterocycles. The summed E-state index contributed by atoms with van der Waals surface area (Å²) in [7, 11) is 3.55. The van der Waals surface area contributed by atoms with Crippen molar-refractivity contribution >= 4 is 34.5 Å². The van der Waals surface area contributed by atoms with E-state index in [1.807, 2.05) is 42.9 Å². The SMILES string of the molecule is CNC(=O)c1cc(Sc2ccc3[nH]ncc3c2)c(C)n1C.c1cnc(N2CCCC2)nc1. The molecule has 0 aliphatic carbocycles. The fourth-order valence-corrected chi connectivity index (χ4v) is 4.63. The molecule has 1 aliphatic rings. The topological polar surface area (TPSA) is 91.7 Å². The lowest BCUT2D eigenvalue weighted by Gasteiger charge is -2.13. The van der Waals surface area contributed by atoms with Crippen LogP contribution in [0, 0.1) is 6.92 Å². The number of nitrogens with one attached hydrogen (secondary N) is 2. The molecule has 5 rings (SSSR count). The van der Waals surface area contributed by atoms with Crippen LogP contribution in [-0.2, 0) is 7.05 Å². The standard InChI is InChI=1S/C15H16N4OS.C8H11N3/c1-9-14(7-13(19(9)3)15(20)16-2)21-11-4-5-12-10(6-11)8-17-18-12;1-2-7-11(6-1)8-9-4-3-5-10-8/h4-8H,1-3H3,(H,16,20)(H,17,18);3-5H,1-2,6-7H2. The van der Waals surface area contributed by atoms with E-state index < -0.39 is 0 Å². The Morgan fingerprint density at radius 2 is 1.91 bits per heavy atom. The zero-order valence-electron chi connectivity index (χ0n) is 18.5. The van der Waals surface area contributed by atoms with Crippen LogP contribution in [0.3, 0.4) is 0 Å². The van der Waals surface area contributed by atoms with Crippen LogP contribution in [0.4, 0.5) is 5.95 Å². The monoisotopic (exact) mass is 449 g/mol. The third kappa shape index (κ3) is 4.77. The Balaban J connectivity index is 0.000000186. The number of carbonyl (C=O) groups excluding carboxylic acids is 1. The maximum Gasteiger partial charge on any atom is 0.267 e. The molecule has 1 fully saturated rings. The number of rotatable bonds is 4. The van der Waals surface area contributed by atoms with Crippen molar-refractivity contribution in [1.82, 2.24) is 30.0 Å². The van der Waals surface area contributed by atoms with Gasteiger partial charge in [0.05, 0.1) is 11.7 Å². The van der Waals surface area contributed by atoms with Crippen molar-refractivity contribution in [2.45, 2.75) is 29.6 Å². The van der Waals surface area contributed by atoms with E-state index in [0.717, 1.165) is 45.4 Å². The van der Waals surface area contributed by atoms with Gasteiger partial charge in [-0.15, -0.1) is 0 Å². The maximum atomic E-state index is 11.8. The Bertz CT molecular complexity index is 1200. The minimum atomic E-state index is -0.0715. The number of hydrogen-bond acceptors (Lipinski definition) is 6. The molecule has 1 aliphatic heterocycles. The number of carbonyl (C=O) groups is 1. The van der Waals surface area contributed by atoms with Crippen LogP contribution in [0.15, 0.2) is 58.7 Å². The normalized spacial score (nSPS) is 13.2. The Morgan fingerprint density at radius 1 is 1.16 bits per heavy atom. The molecule has 9 heteroatoms. The fraction of sp³-hybridized carbons (Fsp3) is 0.304. The minimum Gasteiger partial charge on any atom is -0.354 e. The van der Waals surface area contributed by atoms with Crippen LogP contribution in [0.5, 0.6) is 0 Å². The highest BCUT2D eigenvalue weighted by Crippen LogP contribution is 2.33. The molecule has 0 atom stereocenters. The fourth-order valence-electron chi connectivity index (χ4n) is 3.60. The third-order valence-corrected chi connectivity index (χ3v) is 6.65. The quantitative estimate of drug-likeness (QED) is 0.492. The van der Waals surface area contributed by atoms with E-state index in [2.05, 4.69) is 42.5 Å². The highest BCUT2D eigenvalue weighted by Gasteiger charge is 2.15. The molecule has 8 nitrogen and oxygen atoms in total. The van der Waals surface area contributed by atoms with E-state index in [-0.39, 0.29) is 5.91 Å². The average molecular weight is 450 g/mol. The molecule has 3 aromatic heterocycles. The van der Waals surface area contributed by atoms with Gasteiger partial charge in [-0.2, -0.15) is 5.10 Å². The zero-order chi connectivity index (χ0) is 22.5. The van der Waals surface area contributed by atoms with Gasteiger partial charge >= 0.3 is 0 Å². The van der Waals surface area contributed by atoms with Gasteiger partial charge in [-0.1, -0.05) is 11.8 Å². The molecular weight excluding hydrogens is 422 g/mol. The molecule has 166 valence electrons. The molecule has 0 unspecified atom stereocenters. The van der Waals surface area contributed by atoms with Gasteiger partial charge < -0.3 is 14.8 Å². The molecule has 0 spiro atoms. The summed E-state index contributed by atoms with van der Waals surface area (Å²) >= 11 is 1.65. The highest BCUT2D eigenvalue weighted by molar-refractivity contribution is 7.99. The van der Waals surface area contributed by atoms with Crippen LogP contribution >= 0.6 is 11.8 Å². The van der Waals surface area contributed by atoms with Crippen molar-refractivity contribution in [3.8, 4) is 0 Å². The van der Waals surface area contributed by atoms with Crippen LogP contribution in [0.1, 0.15) is 29.0 Å². The summed E-state index contributed by atoms with van der Waals surface area (Å²) in [5.74, 6) is 0.808. The van der Waals surface area contributed by atoms with Crippen LogP contribution in [0.25, 0.3) is 10.9 Å². The van der Waals surface area contributed by atoms with Gasteiger partial charge in [0, 0.05) is 60.4 Å². The van der Waals surface area contributed by atoms with Crippen molar-refractivity contribution in [2.75, 3.05) is 25.0 Å². The van der Waals surface area contributed by atoms with E-state index in [0.29, 0.717) is 5.69 Å². The second kappa shape index (κ2) is 9.86. The van der Waals surface area contributed by atoms with E-state index in [9.17, 15) is 4.79 Å². The summed E-state index contributed by atoms with van der Waals surface area (Å²) in [4.78, 5) is 24.6. The number of fused-ring (bicyclic) bond motifs is 1. The zero-order valence-corrected chi connectivity index (χ0v) is 19.3. The summed E-state index contributed by atoms with van der Waals surface area (Å²) in [6.07, 6.45) is 7.95. The number of benzene rings is 1.